The molecule has 18 heavy (non-hydrogen) atoms. The van der Waals surface area contributed by atoms with Gasteiger partial charge in [0.2, 0.25) is 0 Å². The van der Waals surface area contributed by atoms with Gasteiger partial charge in [0, 0.05) is 38.4 Å². The summed E-state index contributed by atoms with van der Waals surface area (Å²) in [5.41, 5.74) is 6.71. The van der Waals surface area contributed by atoms with Crippen molar-refractivity contribution in [1.82, 2.24) is 9.88 Å². The van der Waals surface area contributed by atoms with Crippen LogP contribution in [0.15, 0.2) is 18.3 Å². The molecule has 3 rings (SSSR count). The van der Waals surface area contributed by atoms with Crippen LogP contribution in [0.1, 0.15) is 24.8 Å². The molecule has 98 valence electrons. The summed E-state index contributed by atoms with van der Waals surface area (Å²) in [5, 5.41) is 0. The van der Waals surface area contributed by atoms with Crippen LogP contribution in [0.3, 0.4) is 0 Å². The van der Waals surface area contributed by atoms with E-state index >= 15 is 0 Å². The van der Waals surface area contributed by atoms with Gasteiger partial charge in [-0.15, -0.1) is 0 Å². The maximum atomic E-state index is 5.61. The summed E-state index contributed by atoms with van der Waals surface area (Å²) in [6.45, 7) is 5.28. The number of rotatable bonds is 2. The minimum absolute atomic E-state index is 0.573. The lowest BCUT2D eigenvalue weighted by Crippen LogP contribution is -2.55. The summed E-state index contributed by atoms with van der Waals surface area (Å²) in [5.74, 6) is 1.11. The van der Waals surface area contributed by atoms with Gasteiger partial charge < -0.3 is 10.6 Å². The number of anilines is 1. The number of hydrogen-bond donors (Lipinski definition) is 1. The number of pyridine rings is 1. The second kappa shape index (κ2) is 5.24. The third kappa shape index (κ3) is 2.35. The van der Waals surface area contributed by atoms with Gasteiger partial charge >= 0.3 is 0 Å². The molecule has 2 saturated heterocycles. The smallest absolute Gasteiger partial charge is 0.128 e. The van der Waals surface area contributed by atoms with Gasteiger partial charge in [-0.25, -0.2) is 4.98 Å². The average molecular weight is 246 g/mol. The molecule has 1 unspecified atom stereocenters. The summed E-state index contributed by atoms with van der Waals surface area (Å²) in [6.07, 6.45) is 6.01. The van der Waals surface area contributed by atoms with Crippen LogP contribution in [0.4, 0.5) is 5.82 Å². The first-order valence-corrected chi connectivity index (χ1v) is 7.01. The number of nitrogens with two attached hydrogens (primary N) is 1. The second-order valence-electron chi connectivity index (χ2n) is 5.36. The van der Waals surface area contributed by atoms with Gasteiger partial charge in [0.05, 0.1) is 0 Å². The maximum Gasteiger partial charge on any atom is 0.128 e. The molecule has 2 N–H and O–H groups in total. The molecule has 4 heteroatoms. The molecule has 1 aromatic heterocycles. The van der Waals surface area contributed by atoms with Gasteiger partial charge in [0.1, 0.15) is 5.82 Å². The molecular weight excluding hydrogens is 224 g/mol. The van der Waals surface area contributed by atoms with Gasteiger partial charge in [-0.2, -0.15) is 0 Å². The van der Waals surface area contributed by atoms with E-state index in [1.165, 1.54) is 32.4 Å². The predicted octanol–water partition coefficient (Wildman–Crippen LogP) is 1.21. The Labute approximate surface area is 109 Å². The van der Waals surface area contributed by atoms with E-state index in [1.807, 2.05) is 6.20 Å². The van der Waals surface area contributed by atoms with Gasteiger partial charge in [-0.3, -0.25) is 4.90 Å². The summed E-state index contributed by atoms with van der Waals surface area (Å²) in [7, 11) is 0. The maximum absolute atomic E-state index is 5.61. The zero-order valence-corrected chi connectivity index (χ0v) is 10.9. The molecule has 0 saturated carbocycles. The van der Waals surface area contributed by atoms with Gasteiger partial charge in [-0.1, -0.05) is 12.5 Å². The summed E-state index contributed by atoms with van der Waals surface area (Å²) >= 11 is 0. The van der Waals surface area contributed by atoms with Crippen molar-refractivity contribution in [2.75, 3.05) is 31.1 Å². The molecule has 0 aromatic carbocycles. The van der Waals surface area contributed by atoms with Crippen LogP contribution in [0, 0.1) is 0 Å². The second-order valence-corrected chi connectivity index (χ2v) is 5.36. The fourth-order valence-corrected chi connectivity index (χ4v) is 3.09. The first kappa shape index (κ1) is 11.9. The number of hydrogen-bond acceptors (Lipinski definition) is 4. The molecule has 0 aliphatic carbocycles. The highest BCUT2D eigenvalue weighted by Gasteiger charge is 2.29. The van der Waals surface area contributed by atoms with Crippen molar-refractivity contribution >= 4 is 5.82 Å². The van der Waals surface area contributed by atoms with Crippen LogP contribution in [0.2, 0.25) is 0 Å². The summed E-state index contributed by atoms with van der Waals surface area (Å²) in [6, 6.07) is 4.94. The van der Waals surface area contributed by atoms with Crippen molar-refractivity contribution in [3.05, 3.63) is 23.9 Å². The molecule has 3 heterocycles. The van der Waals surface area contributed by atoms with Crippen molar-refractivity contribution in [3.63, 3.8) is 0 Å². The van der Waals surface area contributed by atoms with Crippen LogP contribution >= 0.6 is 0 Å². The molecule has 0 spiro atoms. The lowest BCUT2D eigenvalue weighted by molar-refractivity contribution is 0.133. The Kier molecular flexibility index (Phi) is 3.48. The molecule has 1 atom stereocenters. The minimum atomic E-state index is 0.573. The monoisotopic (exact) mass is 246 g/mol. The SMILES string of the molecule is NCc1ccc(N2CCN3CCCCC3C2)nc1. The van der Waals surface area contributed by atoms with E-state index in [2.05, 4.69) is 26.9 Å². The van der Waals surface area contributed by atoms with Crippen LogP contribution in [0.5, 0.6) is 0 Å². The van der Waals surface area contributed by atoms with Crippen molar-refractivity contribution < 1.29 is 0 Å². The first-order valence-electron chi connectivity index (χ1n) is 7.01. The summed E-state index contributed by atoms with van der Waals surface area (Å²) in [4.78, 5) is 9.61. The Balaban J connectivity index is 1.69. The van der Waals surface area contributed by atoms with E-state index in [-0.39, 0.29) is 0 Å². The average Bonchev–Trinajstić information content (AvgIpc) is 2.47. The fourth-order valence-electron chi connectivity index (χ4n) is 3.09. The van der Waals surface area contributed by atoms with Gasteiger partial charge in [0.15, 0.2) is 0 Å². The van der Waals surface area contributed by atoms with Crippen molar-refractivity contribution in [2.24, 2.45) is 5.73 Å². The Hall–Kier alpha value is -1.13. The molecule has 2 aliphatic rings. The summed E-state index contributed by atoms with van der Waals surface area (Å²) < 4.78 is 0. The Morgan fingerprint density at radius 2 is 2.17 bits per heavy atom. The quantitative estimate of drug-likeness (QED) is 0.852. The first-order chi connectivity index (χ1) is 8.86. The van der Waals surface area contributed by atoms with E-state index in [0.29, 0.717) is 6.54 Å². The third-order valence-corrected chi connectivity index (χ3v) is 4.21. The molecule has 2 fully saturated rings. The number of piperidine rings is 1. The molecule has 4 nitrogen and oxygen atoms in total. The van der Waals surface area contributed by atoms with E-state index in [0.717, 1.165) is 30.5 Å². The molecule has 2 aliphatic heterocycles. The Morgan fingerprint density at radius 3 is 2.94 bits per heavy atom. The fraction of sp³-hybridized carbons (Fsp3) is 0.643. The minimum Gasteiger partial charge on any atom is -0.354 e. The molecule has 0 bridgehead atoms. The highest BCUT2D eigenvalue weighted by molar-refractivity contribution is 5.40. The van der Waals surface area contributed by atoms with E-state index in [1.54, 1.807) is 0 Å². The van der Waals surface area contributed by atoms with E-state index in [4.69, 9.17) is 5.73 Å². The topological polar surface area (TPSA) is 45.4 Å². The normalized spacial score (nSPS) is 24.9. The van der Waals surface area contributed by atoms with Crippen LogP contribution in [-0.4, -0.2) is 42.1 Å². The van der Waals surface area contributed by atoms with E-state index < -0.39 is 0 Å². The van der Waals surface area contributed by atoms with E-state index in [9.17, 15) is 0 Å². The zero-order chi connectivity index (χ0) is 12.4. The molecule has 0 amide bonds. The number of nitrogens with zero attached hydrogens (tertiary/aromatic N) is 3. The Morgan fingerprint density at radius 1 is 1.22 bits per heavy atom. The lowest BCUT2D eigenvalue weighted by Gasteiger charge is -2.44. The highest BCUT2D eigenvalue weighted by atomic mass is 15.3. The molecule has 1 aromatic rings. The van der Waals surface area contributed by atoms with Crippen molar-refractivity contribution in [2.45, 2.75) is 31.8 Å². The third-order valence-electron chi connectivity index (χ3n) is 4.21. The van der Waals surface area contributed by atoms with Crippen LogP contribution in [0.25, 0.3) is 0 Å². The lowest BCUT2D eigenvalue weighted by atomic mass is 9.99. The highest BCUT2D eigenvalue weighted by Crippen LogP contribution is 2.23. The number of piperazine rings is 1. The largest absolute Gasteiger partial charge is 0.354 e. The van der Waals surface area contributed by atoms with Crippen LogP contribution < -0.4 is 10.6 Å². The van der Waals surface area contributed by atoms with Gasteiger partial charge in [0.25, 0.3) is 0 Å². The number of aromatic nitrogens is 1. The Bertz CT molecular complexity index is 389. The van der Waals surface area contributed by atoms with Crippen molar-refractivity contribution in [3.8, 4) is 0 Å². The van der Waals surface area contributed by atoms with Gasteiger partial charge in [-0.05, 0) is 31.0 Å². The van der Waals surface area contributed by atoms with Crippen LogP contribution in [-0.2, 0) is 6.54 Å². The molecule has 0 radical (unpaired) electrons. The van der Waals surface area contributed by atoms with Crippen molar-refractivity contribution in [1.29, 1.82) is 0 Å². The number of fused-ring (bicyclic) bond motifs is 1. The standard InChI is InChI=1S/C14H22N4/c15-9-12-4-5-14(16-10-12)18-8-7-17-6-2-1-3-13(17)11-18/h4-5,10,13H,1-3,6-9,11,15H2. The zero-order valence-electron chi connectivity index (χ0n) is 10.9. The molecular formula is C14H22N4. The predicted molar refractivity (Wildman–Crippen MR) is 73.6 cm³/mol.